The first-order valence-corrected chi connectivity index (χ1v) is 6.35. The molecule has 17 heavy (non-hydrogen) atoms. The molecule has 1 rings (SSSR count). The Balaban J connectivity index is 2.75. The van der Waals surface area contributed by atoms with Crippen LogP contribution in [0, 0.1) is 5.41 Å². The molecule has 0 spiro atoms. The van der Waals surface area contributed by atoms with Crippen LogP contribution in [0.2, 0.25) is 0 Å². The van der Waals surface area contributed by atoms with Crippen LogP contribution in [0.3, 0.4) is 0 Å². The lowest BCUT2D eigenvalue weighted by Gasteiger charge is -2.27. The van der Waals surface area contributed by atoms with Gasteiger partial charge in [-0.25, -0.2) is 0 Å². The smallest absolute Gasteiger partial charge is 0.234 e. The molecular formula is C12H23N3O2. The SMILES string of the molecule is CCCC(C)NC(=O)C1(C(N)=NO)CCCC1. The number of oxime groups is 1. The third kappa shape index (κ3) is 2.90. The van der Waals surface area contributed by atoms with Crippen LogP contribution < -0.4 is 11.1 Å². The highest BCUT2D eigenvalue weighted by molar-refractivity contribution is 6.07. The number of amidine groups is 1. The van der Waals surface area contributed by atoms with Crippen LogP contribution >= 0.6 is 0 Å². The molecule has 1 aliphatic rings. The van der Waals surface area contributed by atoms with Crippen molar-refractivity contribution < 1.29 is 10.0 Å². The topological polar surface area (TPSA) is 87.7 Å². The van der Waals surface area contributed by atoms with E-state index in [2.05, 4.69) is 17.4 Å². The lowest BCUT2D eigenvalue weighted by molar-refractivity contribution is -0.128. The Morgan fingerprint density at radius 2 is 2.12 bits per heavy atom. The van der Waals surface area contributed by atoms with Gasteiger partial charge < -0.3 is 16.3 Å². The fourth-order valence-corrected chi connectivity index (χ4v) is 2.54. The van der Waals surface area contributed by atoms with Crippen LogP contribution in [0.25, 0.3) is 0 Å². The monoisotopic (exact) mass is 241 g/mol. The second-order valence-electron chi connectivity index (χ2n) is 4.94. The lowest BCUT2D eigenvalue weighted by atomic mass is 9.83. The van der Waals surface area contributed by atoms with Gasteiger partial charge in [0.1, 0.15) is 5.41 Å². The maximum Gasteiger partial charge on any atom is 0.234 e. The van der Waals surface area contributed by atoms with Gasteiger partial charge in [0, 0.05) is 6.04 Å². The van der Waals surface area contributed by atoms with Gasteiger partial charge in [-0.05, 0) is 26.2 Å². The first-order valence-electron chi connectivity index (χ1n) is 6.35. The van der Waals surface area contributed by atoms with Gasteiger partial charge in [0.05, 0.1) is 0 Å². The number of hydrogen-bond acceptors (Lipinski definition) is 3. The Labute approximate surface area is 102 Å². The average molecular weight is 241 g/mol. The molecule has 1 unspecified atom stereocenters. The molecule has 5 nitrogen and oxygen atoms in total. The molecule has 0 aromatic rings. The summed E-state index contributed by atoms with van der Waals surface area (Å²) in [6, 6.07) is 0.136. The zero-order valence-electron chi connectivity index (χ0n) is 10.7. The van der Waals surface area contributed by atoms with Gasteiger partial charge in [-0.3, -0.25) is 4.79 Å². The standard InChI is InChI=1S/C12H23N3O2/c1-3-6-9(2)14-11(16)12(10(13)15-17)7-4-5-8-12/h9,17H,3-8H2,1-2H3,(H2,13,15)(H,14,16). The number of hydrogen-bond donors (Lipinski definition) is 3. The van der Waals surface area contributed by atoms with Crippen LogP contribution in [0.4, 0.5) is 0 Å². The van der Waals surface area contributed by atoms with E-state index in [1.807, 2.05) is 6.92 Å². The van der Waals surface area contributed by atoms with Crippen molar-refractivity contribution in [2.24, 2.45) is 16.3 Å². The third-order valence-corrected chi connectivity index (χ3v) is 3.59. The molecule has 0 aromatic heterocycles. The number of nitrogens with two attached hydrogens (primary N) is 1. The normalized spacial score (nSPS) is 21.2. The highest BCUT2D eigenvalue weighted by Crippen LogP contribution is 2.38. The van der Waals surface area contributed by atoms with Crippen molar-refractivity contribution in [3.05, 3.63) is 0 Å². The molecule has 5 heteroatoms. The molecule has 1 aliphatic carbocycles. The Hall–Kier alpha value is -1.26. The maximum atomic E-state index is 12.3. The number of carbonyl (C=O) groups excluding carboxylic acids is 1. The molecule has 0 aromatic carbocycles. The molecule has 1 atom stereocenters. The fourth-order valence-electron chi connectivity index (χ4n) is 2.54. The minimum absolute atomic E-state index is 0.0520. The van der Waals surface area contributed by atoms with E-state index in [0.717, 1.165) is 25.7 Å². The number of nitrogens with one attached hydrogen (secondary N) is 1. The largest absolute Gasteiger partial charge is 0.409 e. The van der Waals surface area contributed by atoms with Crippen LogP contribution in [-0.4, -0.2) is 23.0 Å². The van der Waals surface area contributed by atoms with Crippen LogP contribution in [0.5, 0.6) is 0 Å². The number of carbonyl (C=O) groups is 1. The summed E-state index contributed by atoms with van der Waals surface area (Å²) in [4.78, 5) is 12.3. The summed E-state index contributed by atoms with van der Waals surface area (Å²) in [6.07, 6.45) is 5.22. The van der Waals surface area contributed by atoms with Gasteiger partial charge in [-0.1, -0.05) is 31.3 Å². The third-order valence-electron chi connectivity index (χ3n) is 3.59. The Kier molecular flexibility index (Phi) is 4.78. The quantitative estimate of drug-likeness (QED) is 0.296. The summed E-state index contributed by atoms with van der Waals surface area (Å²) in [5, 5.41) is 14.8. The molecule has 0 heterocycles. The van der Waals surface area contributed by atoms with E-state index in [1.165, 1.54) is 0 Å². The van der Waals surface area contributed by atoms with Crippen molar-refractivity contribution in [3.63, 3.8) is 0 Å². The van der Waals surface area contributed by atoms with E-state index < -0.39 is 5.41 Å². The van der Waals surface area contributed by atoms with E-state index in [-0.39, 0.29) is 17.8 Å². The summed E-state index contributed by atoms with van der Waals surface area (Å²) in [5.74, 6) is -0.0394. The molecule has 0 radical (unpaired) electrons. The molecule has 1 amide bonds. The maximum absolute atomic E-state index is 12.3. The van der Waals surface area contributed by atoms with Crippen LogP contribution in [-0.2, 0) is 4.79 Å². The lowest BCUT2D eigenvalue weighted by Crippen LogP contribution is -2.50. The predicted octanol–water partition coefficient (Wildman–Crippen LogP) is 1.60. The molecule has 0 bridgehead atoms. The molecule has 0 aliphatic heterocycles. The average Bonchev–Trinajstić information content (AvgIpc) is 2.78. The second-order valence-corrected chi connectivity index (χ2v) is 4.94. The molecule has 0 saturated heterocycles. The molecule has 1 saturated carbocycles. The summed E-state index contributed by atoms with van der Waals surface area (Å²) < 4.78 is 0. The summed E-state index contributed by atoms with van der Waals surface area (Å²) in [5.41, 5.74) is 4.92. The summed E-state index contributed by atoms with van der Waals surface area (Å²) in [7, 11) is 0. The van der Waals surface area contributed by atoms with E-state index in [4.69, 9.17) is 10.9 Å². The van der Waals surface area contributed by atoms with Crippen molar-refractivity contribution in [1.82, 2.24) is 5.32 Å². The highest BCUT2D eigenvalue weighted by Gasteiger charge is 2.45. The zero-order valence-corrected chi connectivity index (χ0v) is 10.7. The van der Waals surface area contributed by atoms with Gasteiger partial charge in [0.2, 0.25) is 5.91 Å². The highest BCUT2D eigenvalue weighted by atomic mass is 16.4. The molecule has 98 valence electrons. The minimum atomic E-state index is -0.781. The Morgan fingerprint density at radius 3 is 2.59 bits per heavy atom. The van der Waals surface area contributed by atoms with Crippen LogP contribution in [0.15, 0.2) is 5.16 Å². The second kappa shape index (κ2) is 5.89. The summed E-state index contributed by atoms with van der Waals surface area (Å²) >= 11 is 0. The van der Waals surface area contributed by atoms with E-state index in [9.17, 15) is 4.79 Å². The van der Waals surface area contributed by atoms with E-state index >= 15 is 0 Å². The number of amides is 1. The van der Waals surface area contributed by atoms with Crippen molar-refractivity contribution >= 4 is 11.7 Å². The van der Waals surface area contributed by atoms with Gasteiger partial charge in [-0.15, -0.1) is 0 Å². The van der Waals surface area contributed by atoms with Crippen molar-refractivity contribution in [1.29, 1.82) is 0 Å². The Morgan fingerprint density at radius 1 is 1.53 bits per heavy atom. The van der Waals surface area contributed by atoms with Gasteiger partial charge in [0.25, 0.3) is 0 Å². The van der Waals surface area contributed by atoms with Gasteiger partial charge in [0.15, 0.2) is 5.84 Å². The van der Waals surface area contributed by atoms with Gasteiger partial charge in [-0.2, -0.15) is 0 Å². The van der Waals surface area contributed by atoms with Crippen LogP contribution in [0.1, 0.15) is 52.4 Å². The predicted molar refractivity (Wildman–Crippen MR) is 66.8 cm³/mol. The minimum Gasteiger partial charge on any atom is -0.409 e. The number of rotatable bonds is 5. The molecule has 1 fully saturated rings. The van der Waals surface area contributed by atoms with Gasteiger partial charge >= 0.3 is 0 Å². The first-order chi connectivity index (χ1) is 8.06. The van der Waals surface area contributed by atoms with Crippen molar-refractivity contribution in [2.45, 2.75) is 58.4 Å². The van der Waals surface area contributed by atoms with Crippen molar-refractivity contribution in [3.8, 4) is 0 Å². The van der Waals surface area contributed by atoms with Crippen molar-refractivity contribution in [2.75, 3.05) is 0 Å². The Bertz CT molecular complexity index is 296. The zero-order chi connectivity index (χ0) is 12.9. The summed E-state index contributed by atoms with van der Waals surface area (Å²) in [6.45, 7) is 4.06. The molecular weight excluding hydrogens is 218 g/mol. The van der Waals surface area contributed by atoms with E-state index in [0.29, 0.717) is 12.8 Å². The molecule has 4 N–H and O–H groups in total. The number of nitrogens with zero attached hydrogens (tertiary/aromatic N) is 1. The van der Waals surface area contributed by atoms with E-state index in [1.54, 1.807) is 0 Å². The first kappa shape index (κ1) is 13.8. The fraction of sp³-hybridized carbons (Fsp3) is 0.833.